The van der Waals surface area contributed by atoms with Gasteiger partial charge in [0.1, 0.15) is 10.9 Å². The van der Waals surface area contributed by atoms with Crippen LogP contribution in [0.15, 0.2) is 48.5 Å². The van der Waals surface area contributed by atoms with Crippen LogP contribution in [0.25, 0.3) is 0 Å². The van der Waals surface area contributed by atoms with Gasteiger partial charge < -0.3 is 9.80 Å². The van der Waals surface area contributed by atoms with E-state index >= 15 is 36.0 Å². The molecular weight excluding hydrogens is 887 g/mol. The Hall–Kier alpha value is -2.36. The summed E-state index contributed by atoms with van der Waals surface area (Å²) < 4.78 is 62.4. The SMILES string of the molecule is CCCS(=O)(=O)N1c2ccccc2[C@@]2(C34C[C@@]56SS[C@@](C)(C(=O)C5[C@H]3N(S(=O)(=O)CC[Si](C)(C)C)c3ccccc34)N(C)C6=O)C[C@@]34SS[C@@](C)(C(=O)N3[C@@H]12)N(C)C4=O. The normalized spacial score (nSPS) is 39.2. The number of piperidine rings is 1. The van der Waals surface area contributed by atoms with Crippen molar-refractivity contribution in [2.24, 2.45) is 5.92 Å². The topological polar surface area (TPSA) is 153 Å². The number of nitrogens with zero attached hydrogens (tertiary/aromatic N) is 5. The lowest BCUT2D eigenvalue weighted by Crippen LogP contribution is -2.76. The van der Waals surface area contributed by atoms with Crippen LogP contribution in [-0.4, -0.2) is 120 Å². The molecule has 1 aliphatic carbocycles. The van der Waals surface area contributed by atoms with Crippen molar-refractivity contribution in [1.82, 2.24) is 14.7 Å². The molecule has 2 aromatic rings. The van der Waals surface area contributed by atoms with Crippen LogP contribution in [0.3, 0.4) is 0 Å². The zero-order chi connectivity index (χ0) is 42.5. The number of carbonyl (C=O) groups excluding carboxylic acids is 4. The molecule has 2 spiro atoms. The lowest BCUT2D eigenvalue weighted by molar-refractivity contribution is -0.163. The molecule has 2 aromatic carbocycles. The first kappa shape index (κ1) is 40.7. The zero-order valence-electron chi connectivity index (χ0n) is 34.0. The maximum Gasteiger partial charge on any atom is 0.262 e. The minimum Gasteiger partial charge on any atom is -0.322 e. The number of piperazine rings is 1. The number of fused-ring (bicyclic) bond motifs is 11. The number of hydrogen-bond acceptors (Lipinski definition) is 12. The number of likely N-dealkylation sites (N-methyl/N-ethyl adjacent to an activating group) is 2. The summed E-state index contributed by atoms with van der Waals surface area (Å²) in [6.07, 6.45) is -1.17. The molecule has 12 rings (SSSR count). The fraction of sp³-hybridized carbons (Fsp3) is 0.590. The van der Waals surface area contributed by atoms with Crippen molar-refractivity contribution in [2.75, 3.05) is 34.2 Å². The molecule has 9 aliphatic heterocycles. The Kier molecular flexibility index (Phi) is 8.28. The van der Waals surface area contributed by atoms with Gasteiger partial charge in [-0.15, -0.1) is 0 Å². The first-order valence-electron chi connectivity index (χ1n) is 19.9. The van der Waals surface area contributed by atoms with Crippen molar-refractivity contribution in [1.29, 1.82) is 0 Å². The predicted molar refractivity (Wildman–Crippen MR) is 238 cm³/mol. The standard InChI is InChI=1S/C39H47N5O8S6Si/c1-9-18-57(49,50)44-26-17-13-11-15-24(26)37(22-39-33(48)41(5)35(3,54-56-39)31(46)42(39)30(37)44)36-21-38-27(29(45)34(2,53-55-38)40(4)32(38)47)28(36)43(25-16-12-10-14-23(25)36)58(51,52)19-20-59(6,7)8/h10-17,27-28,30H,9,18-22H2,1-8H3/t27?,28-,30+,34+,35+,36?,37+,38-,39+/m1/s1. The summed E-state index contributed by atoms with van der Waals surface area (Å²) in [7, 11) is -2.02. The van der Waals surface area contributed by atoms with E-state index in [1.807, 2.05) is 24.3 Å². The zero-order valence-corrected chi connectivity index (χ0v) is 39.9. The van der Waals surface area contributed by atoms with Crippen molar-refractivity contribution in [3.05, 3.63) is 59.7 Å². The van der Waals surface area contributed by atoms with Gasteiger partial charge in [-0.25, -0.2) is 21.1 Å². The van der Waals surface area contributed by atoms with Crippen LogP contribution >= 0.6 is 43.2 Å². The van der Waals surface area contributed by atoms with E-state index in [9.17, 15) is 0 Å². The lowest BCUT2D eigenvalue weighted by atomic mass is 9.53. The number of carbonyl (C=O) groups is 4. The van der Waals surface area contributed by atoms with Gasteiger partial charge in [0.2, 0.25) is 26.0 Å². The molecule has 20 heteroatoms. The highest BCUT2D eigenvalue weighted by molar-refractivity contribution is 8.78. The second-order valence-electron chi connectivity index (χ2n) is 18.9. The molecule has 2 unspecified atom stereocenters. The highest BCUT2D eigenvalue weighted by Gasteiger charge is 2.90. The number of benzene rings is 2. The van der Waals surface area contributed by atoms with Gasteiger partial charge in [0.25, 0.3) is 11.8 Å². The summed E-state index contributed by atoms with van der Waals surface area (Å²) in [5.41, 5.74) is -1.19. The number of Topliss-reactive ketones (excluding diaryl/α,β-unsaturated/α-hetero) is 1. The second kappa shape index (κ2) is 12.0. The molecule has 9 heterocycles. The quantitative estimate of drug-likeness (QED) is 0.258. The van der Waals surface area contributed by atoms with Crippen LogP contribution in [-0.2, 0) is 50.1 Å². The maximum atomic E-state index is 15.5. The van der Waals surface area contributed by atoms with E-state index in [-0.39, 0.29) is 48.4 Å². The third-order valence-electron chi connectivity index (χ3n) is 14.8. The molecule has 4 bridgehead atoms. The van der Waals surface area contributed by atoms with Gasteiger partial charge in [0, 0.05) is 34.0 Å². The molecule has 8 fully saturated rings. The molecule has 59 heavy (non-hydrogen) atoms. The minimum absolute atomic E-state index is 0.0290. The Morgan fingerprint density at radius 1 is 0.695 bits per heavy atom. The molecule has 7 saturated heterocycles. The van der Waals surface area contributed by atoms with Crippen LogP contribution in [0.2, 0.25) is 25.7 Å². The molecule has 3 amide bonds. The Morgan fingerprint density at radius 3 is 1.88 bits per heavy atom. The molecule has 13 nitrogen and oxygen atoms in total. The summed E-state index contributed by atoms with van der Waals surface area (Å²) in [6.45, 7) is 11.5. The van der Waals surface area contributed by atoms with E-state index in [1.165, 1.54) is 66.5 Å². The number of amides is 3. The molecule has 0 aromatic heterocycles. The molecule has 10 aliphatic rings. The van der Waals surface area contributed by atoms with E-state index in [2.05, 4.69) is 19.6 Å². The first-order valence-corrected chi connectivity index (χ1v) is 31.1. The highest BCUT2D eigenvalue weighted by atomic mass is 33.1. The van der Waals surface area contributed by atoms with Crippen molar-refractivity contribution < 1.29 is 36.0 Å². The molecule has 0 radical (unpaired) electrons. The molecule has 0 N–H and O–H groups in total. The van der Waals surface area contributed by atoms with Crippen molar-refractivity contribution in [2.45, 2.75) is 108 Å². The van der Waals surface area contributed by atoms with Crippen LogP contribution in [0.1, 0.15) is 51.2 Å². The van der Waals surface area contributed by atoms with Crippen LogP contribution < -0.4 is 8.61 Å². The Labute approximate surface area is 362 Å². The van der Waals surface area contributed by atoms with Gasteiger partial charge in [0.15, 0.2) is 20.4 Å². The number of anilines is 2. The van der Waals surface area contributed by atoms with Crippen molar-refractivity contribution >= 4 is 106 Å². The summed E-state index contributed by atoms with van der Waals surface area (Å²) in [5.74, 6) is -2.89. The van der Waals surface area contributed by atoms with Gasteiger partial charge in [0.05, 0.1) is 40.3 Å². The van der Waals surface area contributed by atoms with Gasteiger partial charge in [-0.2, -0.15) is 0 Å². The maximum absolute atomic E-state index is 15.5. The number of hydrogen-bond donors (Lipinski definition) is 0. The minimum atomic E-state index is -4.23. The smallest absolute Gasteiger partial charge is 0.262 e. The average Bonchev–Trinajstić information content (AvgIpc) is 3.85. The van der Waals surface area contributed by atoms with Crippen LogP contribution in [0.4, 0.5) is 11.4 Å². The summed E-state index contributed by atoms with van der Waals surface area (Å²) in [4.78, 5) is 61.4. The molecule has 1 saturated carbocycles. The van der Waals surface area contributed by atoms with E-state index < -0.39 is 82.3 Å². The Bertz CT molecular complexity index is 2560. The molecule has 316 valence electrons. The first-order chi connectivity index (χ1) is 27.5. The van der Waals surface area contributed by atoms with Crippen molar-refractivity contribution in [3.8, 4) is 0 Å². The molecule has 9 atom stereocenters. The third-order valence-corrected chi connectivity index (χ3v) is 28.1. The van der Waals surface area contributed by atoms with E-state index in [0.29, 0.717) is 28.5 Å². The summed E-state index contributed by atoms with van der Waals surface area (Å²) in [5, 5.41) is 0. The number of sulfonamides is 2. The average molecular weight is 934 g/mol. The van der Waals surface area contributed by atoms with Gasteiger partial charge >= 0.3 is 0 Å². The monoisotopic (exact) mass is 933 g/mol. The van der Waals surface area contributed by atoms with Crippen LogP contribution in [0.5, 0.6) is 0 Å². The fourth-order valence-electron chi connectivity index (χ4n) is 11.9. The van der Waals surface area contributed by atoms with E-state index in [0.717, 1.165) is 0 Å². The van der Waals surface area contributed by atoms with Gasteiger partial charge in [-0.05, 0) is 56.0 Å². The van der Waals surface area contributed by atoms with Gasteiger partial charge in [-0.3, -0.25) is 28.4 Å². The number of para-hydroxylation sites is 2. The molecular formula is C39H47N5O8S6Si. The third kappa shape index (κ3) is 4.45. The van der Waals surface area contributed by atoms with E-state index in [4.69, 9.17) is 0 Å². The lowest BCUT2D eigenvalue weighted by Gasteiger charge is -2.58. The number of ketones is 1. The highest BCUT2D eigenvalue weighted by Crippen LogP contribution is 2.81. The Balaban J connectivity index is 1.36. The predicted octanol–water partition coefficient (Wildman–Crippen LogP) is 5.03. The number of rotatable bonds is 8. The Morgan fingerprint density at radius 2 is 1.25 bits per heavy atom. The largest absolute Gasteiger partial charge is 0.322 e. The van der Waals surface area contributed by atoms with Crippen LogP contribution in [0, 0.1) is 5.92 Å². The van der Waals surface area contributed by atoms with E-state index in [1.54, 1.807) is 59.1 Å². The summed E-state index contributed by atoms with van der Waals surface area (Å²) in [6, 6.07) is 13.6. The fourth-order valence-corrected chi connectivity index (χ4v) is 25.7. The summed E-state index contributed by atoms with van der Waals surface area (Å²) >= 11 is 0. The van der Waals surface area contributed by atoms with Crippen molar-refractivity contribution in [3.63, 3.8) is 0 Å². The van der Waals surface area contributed by atoms with Gasteiger partial charge in [-0.1, -0.05) is 106 Å². The second-order valence-corrected chi connectivity index (χ2v) is 34.1.